The van der Waals surface area contributed by atoms with E-state index in [-0.39, 0.29) is 5.25 Å². The van der Waals surface area contributed by atoms with Crippen molar-refractivity contribution in [2.75, 3.05) is 11.1 Å². The van der Waals surface area contributed by atoms with E-state index < -0.39 is 9.84 Å². The summed E-state index contributed by atoms with van der Waals surface area (Å²) in [6.45, 7) is 0. The van der Waals surface area contributed by atoms with E-state index >= 15 is 0 Å². The van der Waals surface area contributed by atoms with Gasteiger partial charge in [-0.05, 0) is 25.7 Å². The summed E-state index contributed by atoms with van der Waals surface area (Å²) in [6.07, 6.45) is 8.18. The standard InChI is InChI=1S/C11H21BrO2S/c12-9-5-2-6-10-15(13,14)11-7-3-1-4-8-11/h11H,1-10H2. The van der Waals surface area contributed by atoms with Crippen LogP contribution in [0.3, 0.4) is 0 Å². The molecule has 4 heteroatoms. The molecule has 1 fully saturated rings. The number of halogens is 1. The summed E-state index contributed by atoms with van der Waals surface area (Å²) >= 11 is 3.36. The predicted molar refractivity (Wildman–Crippen MR) is 68.3 cm³/mol. The van der Waals surface area contributed by atoms with Crippen molar-refractivity contribution in [2.45, 2.75) is 56.6 Å². The van der Waals surface area contributed by atoms with Gasteiger partial charge in [-0.15, -0.1) is 0 Å². The van der Waals surface area contributed by atoms with Crippen LogP contribution in [-0.2, 0) is 9.84 Å². The second-order valence-electron chi connectivity index (χ2n) is 4.38. The Morgan fingerprint density at radius 1 is 1.00 bits per heavy atom. The lowest BCUT2D eigenvalue weighted by Crippen LogP contribution is -2.26. The first-order valence-corrected chi connectivity index (χ1v) is 8.78. The third-order valence-electron chi connectivity index (χ3n) is 3.12. The number of unbranched alkanes of at least 4 members (excludes halogenated alkanes) is 2. The van der Waals surface area contributed by atoms with Gasteiger partial charge in [-0.2, -0.15) is 0 Å². The van der Waals surface area contributed by atoms with Crippen LogP contribution < -0.4 is 0 Å². The van der Waals surface area contributed by atoms with Gasteiger partial charge in [-0.25, -0.2) is 8.42 Å². The zero-order valence-corrected chi connectivity index (χ0v) is 11.7. The van der Waals surface area contributed by atoms with E-state index in [1.165, 1.54) is 6.42 Å². The molecule has 0 saturated heterocycles. The van der Waals surface area contributed by atoms with Gasteiger partial charge in [0, 0.05) is 5.33 Å². The Morgan fingerprint density at radius 2 is 1.67 bits per heavy atom. The molecule has 0 unspecified atom stereocenters. The lowest BCUT2D eigenvalue weighted by atomic mass is 10.0. The molecule has 0 amide bonds. The van der Waals surface area contributed by atoms with Crippen LogP contribution in [0, 0.1) is 0 Å². The normalized spacial score (nSPS) is 19.3. The maximum absolute atomic E-state index is 11.9. The Balaban J connectivity index is 2.30. The molecule has 0 aromatic carbocycles. The molecule has 0 radical (unpaired) electrons. The fourth-order valence-corrected chi connectivity index (χ4v) is 4.55. The van der Waals surface area contributed by atoms with Gasteiger partial charge >= 0.3 is 0 Å². The van der Waals surface area contributed by atoms with Crippen LogP contribution in [0.4, 0.5) is 0 Å². The van der Waals surface area contributed by atoms with Gasteiger partial charge < -0.3 is 0 Å². The van der Waals surface area contributed by atoms with E-state index in [2.05, 4.69) is 15.9 Å². The first-order chi connectivity index (χ1) is 7.17. The number of rotatable bonds is 6. The van der Waals surface area contributed by atoms with Gasteiger partial charge in [0.2, 0.25) is 0 Å². The lowest BCUT2D eigenvalue weighted by molar-refractivity contribution is 0.482. The van der Waals surface area contributed by atoms with Crippen molar-refractivity contribution in [1.29, 1.82) is 0 Å². The summed E-state index contributed by atoms with van der Waals surface area (Å²) in [7, 11) is -2.78. The first-order valence-electron chi connectivity index (χ1n) is 5.94. The Kier molecular flexibility index (Phi) is 6.20. The molecule has 1 saturated carbocycles. The molecular formula is C11H21BrO2S. The monoisotopic (exact) mass is 296 g/mol. The topological polar surface area (TPSA) is 34.1 Å². The molecule has 0 N–H and O–H groups in total. The van der Waals surface area contributed by atoms with Crippen LogP contribution in [0.15, 0.2) is 0 Å². The van der Waals surface area contributed by atoms with Crippen LogP contribution >= 0.6 is 15.9 Å². The van der Waals surface area contributed by atoms with Crippen molar-refractivity contribution >= 4 is 25.8 Å². The van der Waals surface area contributed by atoms with E-state index in [1.807, 2.05) is 0 Å². The number of alkyl halides is 1. The summed E-state index contributed by atoms with van der Waals surface area (Å²) in [5, 5.41) is 0.964. The Bertz CT molecular complexity index is 256. The Hall–Kier alpha value is 0.430. The molecule has 2 nitrogen and oxygen atoms in total. The van der Waals surface area contributed by atoms with Crippen molar-refractivity contribution in [3.8, 4) is 0 Å². The third-order valence-corrected chi connectivity index (χ3v) is 6.03. The molecule has 0 aliphatic heterocycles. The molecule has 1 aliphatic rings. The quantitative estimate of drug-likeness (QED) is 0.557. The summed E-state index contributed by atoms with van der Waals surface area (Å²) in [6, 6.07) is 0. The largest absolute Gasteiger partial charge is 0.229 e. The number of hydrogen-bond donors (Lipinski definition) is 0. The molecule has 15 heavy (non-hydrogen) atoms. The molecule has 0 bridgehead atoms. The minimum Gasteiger partial charge on any atom is -0.229 e. The van der Waals surface area contributed by atoms with E-state index in [9.17, 15) is 8.42 Å². The predicted octanol–water partition coefficient (Wildman–Crippen LogP) is 3.30. The second kappa shape index (κ2) is 6.89. The molecule has 0 heterocycles. The van der Waals surface area contributed by atoms with E-state index in [4.69, 9.17) is 0 Å². The first kappa shape index (κ1) is 13.5. The van der Waals surface area contributed by atoms with Crippen molar-refractivity contribution in [3.63, 3.8) is 0 Å². The molecule has 1 rings (SSSR count). The van der Waals surface area contributed by atoms with Crippen LogP contribution in [0.2, 0.25) is 0 Å². The number of sulfone groups is 1. The van der Waals surface area contributed by atoms with Crippen LogP contribution in [-0.4, -0.2) is 24.8 Å². The van der Waals surface area contributed by atoms with Crippen molar-refractivity contribution in [2.24, 2.45) is 0 Å². The maximum Gasteiger partial charge on any atom is 0.153 e. The smallest absolute Gasteiger partial charge is 0.153 e. The van der Waals surface area contributed by atoms with Crippen molar-refractivity contribution in [3.05, 3.63) is 0 Å². The molecule has 0 aromatic rings. The van der Waals surface area contributed by atoms with Gasteiger partial charge in [-0.1, -0.05) is 41.6 Å². The third kappa shape index (κ3) is 4.85. The average molecular weight is 297 g/mol. The zero-order chi connectivity index (χ0) is 11.1. The number of hydrogen-bond acceptors (Lipinski definition) is 2. The van der Waals surface area contributed by atoms with Gasteiger partial charge in [0.1, 0.15) is 0 Å². The highest BCUT2D eigenvalue weighted by atomic mass is 79.9. The fourth-order valence-electron chi connectivity index (χ4n) is 2.17. The minimum absolute atomic E-state index is 0.0183. The summed E-state index contributed by atoms with van der Waals surface area (Å²) in [4.78, 5) is 0. The van der Waals surface area contributed by atoms with Crippen molar-refractivity contribution in [1.82, 2.24) is 0 Å². The highest BCUT2D eigenvalue weighted by Gasteiger charge is 2.26. The fraction of sp³-hybridized carbons (Fsp3) is 1.00. The van der Waals surface area contributed by atoms with E-state index in [0.29, 0.717) is 5.75 Å². The Morgan fingerprint density at radius 3 is 2.27 bits per heavy atom. The van der Waals surface area contributed by atoms with Crippen LogP contribution in [0.25, 0.3) is 0 Å². The second-order valence-corrected chi connectivity index (χ2v) is 7.57. The van der Waals surface area contributed by atoms with Crippen molar-refractivity contribution < 1.29 is 8.42 Å². The van der Waals surface area contributed by atoms with Crippen LogP contribution in [0.1, 0.15) is 51.4 Å². The lowest BCUT2D eigenvalue weighted by Gasteiger charge is -2.21. The van der Waals surface area contributed by atoms with E-state index in [0.717, 1.165) is 50.3 Å². The molecule has 0 aromatic heterocycles. The molecule has 0 spiro atoms. The zero-order valence-electron chi connectivity index (χ0n) is 9.25. The maximum atomic E-state index is 11.9. The molecule has 0 atom stereocenters. The summed E-state index contributed by atoms with van der Waals surface area (Å²) in [5.74, 6) is 0.407. The molecule has 1 aliphatic carbocycles. The summed E-state index contributed by atoms with van der Waals surface area (Å²) in [5.41, 5.74) is 0. The van der Waals surface area contributed by atoms with Gasteiger partial charge in [0.25, 0.3) is 0 Å². The molecular weight excluding hydrogens is 276 g/mol. The van der Waals surface area contributed by atoms with Gasteiger partial charge in [-0.3, -0.25) is 0 Å². The highest BCUT2D eigenvalue weighted by molar-refractivity contribution is 9.09. The van der Waals surface area contributed by atoms with E-state index in [1.54, 1.807) is 0 Å². The average Bonchev–Trinajstić information content (AvgIpc) is 2.26. The SMILES string of the molecule is O=S(=O)(CCCCCBr)C1CCCCC1. The Labute approximate surface area is 102 Å². The van der Waals surface area contributed by atoms with Gasteiger partial charge in [0.05, 0.1) is 11.0 Å². The molecule has 90 valence electrons. The minimum atomic E-state index is -2.78. The highest BCUT2D eigenvalue weighted by Crippen LogP contribution is 2.24. The van der Waals surface area contributed by atoms with Gasteiger partial charge in [0.15, 0.2) is 9.84 Å². The van der Waals surface area contributed by atoms with Crippen LogP contribution in [0.5, 0.6) is 0 Å². The summed E-state index contributed by atoms with van der Waals surface area (Å²) < 4.78 is 23.9.